The molecule has 0 saturated heterocycles. The van der Waals surface area contributed by atoms with E-state index in [0.717, 1.165) is 4.42 Å². The second-order valence-electron chi connectivity index (χ2n) is 5.90. The molecule has 0 radical (unpaired) electrons. The lowest BCUT2D eigenvalue weighted by Gasteiger charge is -2.21. The largest absolute Gasteiger partial charge is 0.497 e. The van der Waals surface area contributed by atoms with Crippen LogP contribution in [-0.2, 0) is 9.59 Å². The summed E-state index contributed by atoms with van der Waals surface area (Å²) in [5, 5.41) is 7.94. The van der Waals surface area contributed by atoms with Gasteiger partial charge in [0, 0.05) is 17.8 Å². The number of carbonyl (C=O) groups is 2. The zero-order chi connectivity index (χ0) is 22.3. The summed E-state index contributed by atoms with van der Waals surface area (Å²) < 4.78 is 21.6. The molecular weight excluding hydrogens is 414 g/mol. The molecule has 30 heavy (non-hydrogen) atoms. The van der Waals surface area contributed by atoms with Gasteiger partial charge in [-0.25, -0.2) is 4.42 Å². The summed E-state index contributed by atoms with van der Waals surface area (Å²) >= 11 is 6.28. The average Bonchev–Trinajstić information content (AvgIpc) is 2.77. The lowest BCUT2D eigenvalue weighted by Crippen LogP contribution is -2.36. The first-order valence-electron chi connectivity index (χ1n) is 8.72. The van der Waals surface area contributed by atoms with Crippen LogP contribution in [0.3, 0.4) is 0 Å². The number of hydrogen-bond donors (Lipinski definition) is 0. The third-order valence-electron chi connectivity index (χ3n) is 4.08. The number of benzene rings is 2. The van der Waals surface area contributed by atoms with Crippen LogP contribution in [0.15, 0.2) is 46.6 Å². The Morgan fingerprint density at radius 3 is 2.03 bits per heavy atom. The molecular formula is C20H22ClN3O6. The number of azo groups is 1. The maximum absolute atomic E-state index is 13.0. The van der Waals surface area contributed by atoms with Crippen LogP contribution in [0.4, 0.5) is 11.4 Å². The Labute approximate surface area is 179 Å². The van der Waals surface area contributed by atoms with E-state index in [-0.39, 0.29) is 22.9 Å². The third kappa shape index (κ3) is 4.98. The Bertz CT molecular complexity index is 928. The highest BCUT2D eigenvalue weighted by Gasteiger charge is 2.32. The molecule has 0 fully saturated rings. The van der Waals surface area contributed by atoms with E-state index in [9.17, 15) is 9.59 Å². The normalized spacial score (nSPS) is 11.7. The van der Waals surface area contributed by atoms with E-state index in [1.807, 2.05) is 0 Å². The number of methoxy groups -OCH3 is 4. The Morgan fingerprint density at radius 1 is 0.933 bits per heavy atom. The lowest BCUT2D eigenvalue weighted by atomic mass is 10.2. The third-order valence-corrected chi connectivity index (χ3v) is 4.41. The molecule has 1 atom stereocenters. The average molecular weight is 436 g/mol. The van der Waals surface area contributed by atoms with E-state index in [1.165, 1.54) is 35.4 Å². The van der Waals surface area contributed by atoms with Gasteiger partial charge < -0.3 is 18.9 Å². The van der Waals surface area contributed by atoms with Gasteiger partial charge in [-0.3, -0.25) is 9.59 Å². The fraction of sp³-hybridized carbons (Fsp3) is 0.300. The van der Waals surface area contributed by atoms with Gasteiger partial charge in [-0.15, -0.1) is 0 Å². The molecule has 0 bridgehead atoms. The van der Waals surface area contributed by atoms with Gasteiger partial charge in [0.05, 0.1) is 28.4 Å². The molecule has 0 aliphatic heterocycles. The fourth-order valence-corrected chi connectivity index (χ4v) is 2.80. The number of Topliss-reactive ketones (excluding diaryl/α,β-unsaturated/α-hetero) is 1. The van der Waals surface area contributed by atoms with Crippen LogP contribution in [0.2, 0.25) is 0 Å². The van der Waals surface area contributed by atoms with E-state index in [4.69, 9.17) is 30.7 Å². The maximum atomic E-state index is 13.0. The van der Waals surface area contributed by atoms with E-state index < -0.39 is 17.7 Å². The monoisotopic (exact) mass is 435 g/mol. The first kappa shape index (κ1) is 23.0. The van der Waals surface area contributed by atoms with Crippen LogP contribution in [0.25, 0.3) is 0 Å². The number of halogens is 1. The van der Waals surface area contributed by atoms with Gasteiger partial charge in [0.2, 0.25) is 6.04 Å². The molecule has 0 heterocycles. The molecule has 10 heteroatoms. The van der Waals surface area contributed by atoms with Gasteiger partial charge >= 0.3 is 0 Å². The van der Waals surface area contributed by atoms with E-state index in [1.54, 1.807) is 36.4 Å². The first-order chi connectivity index (χ1) is 14.4. The Kier molecular flexibility index (Phi) is 7.99. The standard InChI is InChI=1S/C20H22ClN3O6/c1-12(25)18(23-22-14-11-13(27-2)9-10-15(14)28-3)20(26)24(21)19-16(29-4)7-6-8-17(19)30-5/h6-11,18H,1-5H3. The van der Waals surface area contributed by atoms with Crippen molar-refractivity contribution in [2.45, 2.75) is 13.0 Å². The smallest absolute Gasteiger partial charge is 0.276 e. The highest BCUT2D eigenvalue weighted by molar-refractivity contribution is 6.39. The molecule has 2 aromatic carbocycles. The predicted molar refractivity (Wildman–Crippen MR) is 111 cm³/mol. The second kappa shape index (κ2) is 10.4. The summed E-state index contributed by atoms with van der Waals surface area (Å²) in [4.78, 5) is 25.1. The Hall–Kier alpha value is -3.33. The molecule has 2 rings (SSSR count). The molecule has 0 spiro atoms. The molecule has 0 N–H and O–H groups in total. The lowest BCUT2D eigenvalue weighted by molar-refractivity contribution is -0.126. The van der Waals surface area contributed by atoms with Crippen LogP contribution < -0.4 is 23.4 Å². The van der Waals surface area contributed by atoms with Crippen molar-refractivity contribution in [2.24, 2.45) is 10.2 Å². The SMILES string of the molecule is COc1ccc(OC)c(N=NC(C(C)=O)C(=O)N(Cl)c2c(OC)cccc2OC)c1. The molecule has 1 amide bonds. The summed E-state index contributed by atoms with van der Waals surface area (Å²) in [5.74, 6) is 0.0946. The van der Waals surface area contributed by atoms with Crippen molar-refractivity contribution < 1.29 is 28.5 Å². The zero-order valence-electron chi connectivity index (χ0n) is 17.2. The van der Waals surface area contributed by atoms with Gasteiger partial charge in [-0.2, -0.15) is 10.2 Å². The predicted octanol–water partition coefficient (Wildman–Crippen LogP) is 3.95. The quantitative estimate of drug-likeness (QED) is 0.336. The Morgan fingerprint density at radius 2 is 1.53 bits per heavy atom. The van der Waals surface area contributed by atoms with E-state index in [0.29, 0.717) is 11.5 Å². The van der Waals surface area contributed by atoms with E-state index >= 15 is 0 Å². The minimum absolute atomic E-state index is 0.148. The molecule has 0 saturated carbocycles. The summed E-state index contributed by atoms with van der Waals surface area (Å²) in [6.45, 7) is 1.22. The number of amides is 1. The number of ether oxygens (including phenoxy) is 4. The highest BCUT2D eigenvalue weighted by Crippen LogP contribution is 2.39. The number of hydrogen-bond acceptors (Lipinski definition) is 8. The number of carbonyl (C=O) groups excluding carboxylic acids is 2. The fourth-order valence-electron chi connectivity index (χ4n) is 2.54. The second-order valence-corrected chi connectivity index (χ2v) is 6.23. The number of rotatable bonds is 9. The minimum atomic E-state index is -1.49. The number of ketones is 1. The van der Waals surface area contributed by atoms with Gasteiger partial charge in [-0.1, -0.05) is 6.07 Å². The molecule has 0 aliphatic rings. The zero-order valence-corrected chi connectivity index (χ0v) is 18.0. The molecule has 2 aromatic rings. The van der Waals surface area contributed by atoms with Gasteiger partial charge in [-0.05, 0) is 31.2 Å². The van der Waals surface area contributed by atoms with Crippen molar-refractivity contribution in [1.29, 1.82) is 0 Å². The molecule has 160 valence electrons. The summed E-state index contributed by atoms with van der Waals surface area (Å²) in [7, 11) is 5.80. The maximum Gasteiger partial charge on any atom is 0.276 e. The van der Waals surface area contributed by atoms with Crippen molar-refractivity contribution in [3.8, 4) is 23.0 Å². The van der Waals surface area contributed by atoms with Crippen molar-refractivity contribution in [3.05, 3.63) is 36.4 Å². The molecule has 1 unspecified atom stereocenters. The topological polar surface area (TPSA) is 99.0 Å². The van der Waals surface area contributed by atoms with Crippen LogP contribution >= 0.6 is 11.8 Å². The Balaban J connectivity index is 2.41. The van der Waals surface area contributed by atoms with Crippen LogP contribution in [0.5, 0.6) is 23.0 Å². The van der Waals surface area contributed by atoms with Crippen LogP contribution in [-0.4, -0.2) is 46.2 Å². The number of nitrogens with zero attached hydrogens (tertiary/aromatic N) is 3. The first-order valence-corrected chi connectivity index (χ1v) is 9.05. The van der Waals surface area contributed by atoms with Crippen molar-refractivity contribution in [1.82, 2.24) is 0 Å². The molecule has 0 aromatic heterocycles. The van der Waals surface area contributed by atoms with Crippen LogP contribution in [0.1, 0.15) is 6.92 Å². The summed E-state index contributed by atoms with van der Waals surface area (Å²) in [5.41, 5.74) is 0.432. The van der Waals surface area contributed by atoms with Gasteiger partial charge in [0.25, 0.3) is 5.91 Å². The van der Waals surface area contributed by atoms with Gasteiger partial charge in [0.1, 0.15) is 34.4 Å². The minimum Gasteiger partial charge on any atom is -0.497 e. The van der Waals surface area contributed by atoms with Crippen molar-refractivity contribution in [2.75, 3.05) is 32.9 Å². The molecule has 9 nitrogen and oxygen atoms in total. The van der Waals surface area contributed by atoms with Crippen molar-refractivity contribution in [3.63, 3.8) is 0 Å². The molecule has 0 aliphatic carbocycles. The van der Waals surface area contributed by atoms with Crippen molar-refractivity contribution >= 4 is 34.8 Å². The van der Waals surface area contributed by atoms with Gasteiger partial charge in [0.15, 0.2) is 5.78 Å². The van der Waals surface area contributed by atoms with Crippen LogP contribution in [0, 0.1) is 0 Å². The summed E-state index contributed by atoms with van der Waals surface area (Å²) in [6, 6.07) is 8.26. The summed E-state index contributed by atoms with van der Waals surface area (Å²) in [6.07, 6.45) is 0. The highest BCUT2D eigenvalue weighted by atomic mass is 35.5. The van der Waals surface area contributed by atoms with E-state index in [2.05, 4.69) is 10.2 Å². The number of para-hydroxylation sites is 1. The number of anilines is 1.